The summed E-state index contributed by atoms with van der Waals surface area (Å²) in [6, 6.07) is 10.7. The van der Waals surface area contributed by atoms with Gasteiger partial charge in [-0.15, -0.1) is 0 Å². The molecular weight excluding hydrogens is 260 g/mol. The lowest BCUT2D eigenvalue weighted by Crippen LogP contribution is -2.43. The van der Waals surface area contributed by atoms with Crippen molar-refractivity contribution in [1.29, 1.82) is 0 Å². The van der Waals surface area contributed by atoms with Crippen LogP contribution in [0.4, 0.5) is 0 Å². The maximum atomic E-state index is 6.03. The van der Waals surface area contributed by atoms with Gasteiger partial charge in [-0.3, -0.25) is 0 Å². The Hall–Kier alpha value is -1.32. The zero-order valence-corrected chi connectivity index (χ0v) is 13.4. The lowest BCUT2D eigenvalue weighted by molar-refractivity contribution is 0.106. The molecule has 1 unspecified atom stereocenters. The van der Waals surface area contributed by atoms with Crippen LogP contribution >= 0.6 is 0 Å². The minimum Gasteiger partial charge on any atom is -0.459 e. The molecule has 0 amide bonds. The first-order valence-corrected chi connectivity index (χ1v) is 7.95. The fraction of sp³-hybridized carbons (Fsp3) is 0.556. The average molecular weight is 286 g/mol. The summed E-state index contributed by atoms with van der Waals surface area (Å²) in [7, 11) is 2.02. The highest BCUT2D eigenvalue weighted by Crippen LogP contribution is 2.30. The quantitative estimate of drug-likeness (QED) is 0.926. The fourth-order valence-corrected chi connectivity index (χ4v) is 3.46. The van der Waals surface area contributed by atoms with Crippen LogP contribution in [0.1, 0.15) is 38.5 Å². The highest BCUT2D eigenvalue weighted by molar-refractivity contribution is 5.77. The van der Waals surface area contributed by atoms with Gasteiger partial charge in [-0.25, -0.2) is 0 Å². The summed E-state index contributed by atoms with van der Waals surface area (Å²) in [4.78, 5) is 2.57. The number of furan rings is 1. The van der Waals surface area contributed by atoms with E-state index in [1.807, 2.05) is 19.2 Å². The maximum absolute atomic E-state index is 6.03. The molecule has 1 N–H and O–H groups in total. The van der Waals surface area contributed by atoms with Gasteiger partial charge in [-0.2, -0.15) is 0 Å². The molecule has 0 bridgehead atoms. The van der Waals surface area contributed by atoms with Crippen molar-refractivity contribution < 1.29 is 4.42 Å². The monoisotopic (exact) mass is 286 g/mol. The number of para-hydroxylation sites is 1. The van der Waals surface area contributed by atoms with Crippen molar-refractivity contribution in [3.05, 3.63) is 36.1 Å². The largest absolute Gasteiger partial charge is 0.459 e. The van der Waals surface area contributed by atoms with Gasteiger partial charge >= 0.3 is 0 Å². The Bertz CT molecular complexity index is 569. The SMILES string of the molecule is CNC(CN1CCCC(C)(C)C1)c1cc2ccccc2o1. The van der Waals surface area contributed by atoms with Crippen molar-refractivity contribution in [2.75, 3.05) is 26.7 Å². The number of hydrogen-bond acceptors (Lipinski definition) is 3. The van der Waals surface area contributed by atoms with Gasteiger partial charge in [0.15, 0.2) is 0 Å². The highest BCUT2D eigenvalue weighted by Gasteiger charge is 2.28. The highest BCUT2D eigenvalue weighted by atomic mass is 16.3. The Morgan fingerprint density at radius 3 is 2.86 bits per heavy atom. The van der Waals surface area contributed by atoms with Gasteiger partial charge in [0.2, 0.25) is 0 Å². The van der Waals surface area contributed by atoms with Crippen molar-refractivity contribution in [3.8, 4) is 0 Å². The van der Waals surface area contributed by atoms with Crippen LogP contribution in [0.3, 0.4) is 0 Å². The topological polar surface area (TPSA) is 28.4 Å². The second-order valence-electron chi connectivity index (χ2n) is 7.03. The molecule has 3 nitrogen and oxygen atoms in total. The molecule has 1 aliphatic rings. The minimum absolute atomic E-state index is 0.256. The smallest absolute Gasteiger partial charge is 0.134 e. The van der Waals surface area contributed by atoms with E-state index in [4.69, 9.17) is 4.42 Å². The number of piperidine rings is 1. The van der Waals surface area contributed by atoms with Crippen molar-refractivity contribution in [1.82, 2.24) is 10.2 Å². The number of likely N-dealkylation sites (tertiary alicyclic amines) is 1. The second-order valence-corrected chi connectivity index (χ2v) is 7.03. The third-order valence-electron chi connectivity index (χ3n) is 4.56. The number of fused-ring (bicyclic) bond motifs is 1. The first kappa shape index (κ1) is 14.6. The van der Waals surface area contributed by atoms with Crippen molar-refractivity contribution in [3.63, 3.8) is 0 Å². The Labute approximate surface area is 127 Å². The summed E-state index contributed by atoms with van der Waals surface area (Å²) < 4.78 is 6.03. The fourth-order valence-electron chi connectivity index (χ4n) is 3.46. The molecule has 21 heavy (non-hydrogen) atoms. The van der Waals surface area contributed by atoms with Gasteiger partial charge < -0.3 is 14.6 Å². The molecule has 114 valence electrons. The number of nitrogens with one attached hydrogen (secondary N) is 1. The minimum atomic E-state index is 0.256. The zero-order valence-electron chi connectivity index (χ0n) is 13.4. The number of benzene rings is 1. The second kappa shape index (κ2) is 5.82. The van der Waals surface area contributed by atoms with Gasteiger partial charge in [-0.05, 0) is 44.0 Å². The molecule has 1 saturated heterocycles. The lowest BCUT2D eigenvalue weighted by atomic mass is 9.84. The zero-order chi connectivity index (χ0) is 14.9. The van der Waals surface area contributed by atoms with Crippen LogP contribution in [-0.2, 0) is 0 Å². The summed E-state index contributed by atoms with van der Waals surface area (Å²) in [5.74, 6) is 1.04. The summed E-state index contributed by atoms with van der Waals surface area (Å²) in [5, 5.41) is 4.61. The predicted octanol–water partition coefficient (Wildman–Crippen LogP) is 3.82. The first-order valence-electron chi connectivity index (χ1n) is 7.95. The molecule has 0 saturated carbocycles. The molecule has 1 aliphatic heterocycles. The summed E-state index contributed by atoms with van der Waals surface area (Å²) in [6.07, 6.45) is 2.63. The molecule has 0 spiro atoms. The van der Waals surface area contributed by atoms with E-state index < -0.39 is 0 Å². The molecule has 2 aromatic rings. The van der Waals surface area contributed by atoms with Crippen LogP contribution < -0.4 is 5.32 Å². The van der Waals surface area contributed by atoms with Crippen molar-refractivity contribution in [2.45, 2.75) is 32.7 Å². The predicted molar refractivity (Wildman–Crippen MR) is 87.5 cm³/mol. The van der Waals surface area contributed by atoms with Crippen LogP contribution in [-0.4, -0.2) is 31.6 Å². The van der Waals surface area contributed by atoms with E-state index in [0.717, 1.165) is 17.9 Å². The molecule has 3 rings (SSSR count). The first-order chi connectivity index (χ1) is 10.1. The standard InChI is InChI=1S/C18H26N2O/c1-18(2)9-6-10-20(13-18)12-15(19-3)17-11-14-7-4-5-8-16(14)21-17/h4-5,7-8,11,15,19H,6,9-10,12-13H2,1-3H3. The normalized spacial score (nSPS) is 20.7. The van der Waals surface area contributed by atoms with Crippen LogP contribution in [0.2, 0.25) is 0 Å². The summed E-state index contributed by atoms with van der Waals surface area (Å²) in [6.45, 7) is 8.12. The van der Waals surface area contributed by atoms with E-state index in [-0.39, 0.29) is 6.04 Å². The molecular formula is C18H26N2O. The van der Waals surface area contributed by atoms with E-state index in [0.29, 0.717) is 5.41 Å². The maximum Gasteiger partial charge on any atom is 0.134 e. The third kappa shape index (κ3) is 3.30. The van der Waals surface area contributed by atoms with Crippen molar-refractivity contribution >= 4 is 11.0 Å². The molecule has 0 radical (unpaired) electrons. The molecule has 1 aromatic carbocycles. The molecule has 1 aromatic heterocycles. The third-order valence-corrected chi connectivity index (χ3v) is 4.56. The van der Waals surface area contributed by atoms with E-state index in [9.17, 15) is 0 Å². The Morgan fingerprint density at radius 2 is 2.14 bits per heavy atom. The Balaban J connectivity index is 1.75. The van der Waals surface area contributed by atoms with Gasteiger partial charge in [-0.1, -0.05) is 32.0 Å². The van der Waals surface area contributed by atoms with Gasteiger partial charge in [0.1, 0.15) is 11.3 Å². The van der Waals surface area contributed by atoms with Gasteiger partial charge in [0.25, 0.3) is 0 Å². The molecule has 0 aliphatic carbocycles. The van der Waals surface area contributed by atoms with Crippen molar-refractivity contribution in [2.24, 2.45) is 5.41 Å². The Morgan fingerprint density at radius 1 is 1.33 bits per heavy atom. The average Bonchev–Trinajstić information content (AvgIpc) is 2.87. The molecule has 1 fully saturated rings. The van der Waals surface area contributed by atoms with Crippen LogP contribution in [0.5, 0.6) is 0 Å². The van der Waals surface area contributed by atoms with E-state index in [2.05, 4.69) is 42.3 Å². The summed E-state index contributed by atoms with van der Waals surface area (Å²) in [5.41, 5.74) is 1.41. The van der Waals surface area contributed by atoms with E-state index in [1.165, 1.54) is 31.3 Å². The van der Waals surface area contributed by atoms with Gasteiger partial charge in [0, 0.05) is 18.5 Å². The summed E-state index contributed by atoms with van der Waals surface area (Å²) >= 11 is 0. The van der Waals surface area contributed by atoms with Crippen LogP contribution in [0.25, 0.3) is 11.0 Å². The van der Waals surface area contributed by atoms with Crippen LogP contribution in [0.15, 0.2) is 34.7 Å². The molecule has 3 heteroatoms. The molecule has 1 atom stereocenters. The number of rotatable bonds is 4. The number of hydrogen-bond donors (Lipinski definition) is 1. The lowest BCUT2D eigenvalue weighted by Gasteiger charge is -2.39. The van der Waals surface area contributed by atoms with E-state index in [1.54, 1.807) is 0 Å². The van der Waals surface area contributed by atoms with E-state index >= 15 is 0 Å². The van der Waals surface area contributed by atoms with Crippen LogP contribution in [0, 0.1) is 5.41 Å². The number of likely N-dealkylation sites (N-methyl/N-ethyl adjacent to an activating group) is 1. The van der Waals surface area contributed by atoms with Gasteiger partial charge in [0.05, 0.1) is 6.04 Å². The molecule has 2 heterocycles. The number of nitrogens with zero attached hydrogens (tertiary/aromatic N) is 1. The Kier molecular flexibility index (Phi) is 4.05.